The van der Waals surface area contributed by atoms with E-state index < -0.39 is 17.8 Å². The number of carbonyl (C=O) groups is 3. The maximum atomic E-state index is 12.1. The van der Waals surface area contributed by atoms with Crippen LogP contribution in [0.5, 0.6) is 0 Å². The van der Waals surface area contributed by atoms with E-state index in [-0.39, 0.29) is 6.04 Å². The Morgan fingerprint density at radius 3 is 2.73 bits per heavy atom. The molecule has 142 valence electrons. The number of rotatable bonds is 4. The third kappa shape index (κ3) is 4.60. The van der Waals surface area contributed by atoms with Crippen LogP contribution in [0, 0.1) is 0 Å². The molecular weight excluding hydrogens is 358 g/mol. The van der Waals surface area contributed by atoms with Crippen LogP contribution in [-0.4, -0.2) is 68.2 Å². The second kappa shape index (κ2) is 8.61. The lowest BCUT2D eigenvalue weighted by Crippen LogP contribution is -2.44. The highest BCUT2D eigenvalue weighted by atomic mass is 32.1. The molecule has 0 aliphatic carbocycles. The molecule has 0 spiro atoms. The van der Waals surface area contributed by atoms with Crippen LogP contribution in [0.15, 0.2) is 11.4 Å². The van der Waals surface area contributed by atoms with Gasteiger partial charge in [0.1, 0.15) is 0 Å². The number of thiophene rings is 1. The summed E-state index contributed by atoms with van der Waals surface area (Å²) >= 11 is 1.17. The van der Waals surface area contributed by atoms with Crippen LogP contribution < -0.4 is 10.6 Å². The average Bonchev–Trinajstić information content (AvgIpc) is 3.31. The smallest absolute Gasteiger partial charge is 0.338 e. The summed E-state index contributed by atoms with van der Waals surface area (Å²) in [5.41, 5.74) is 0.344. The van der Waals surface area contributed by atoms with Crippen LogP contribution in [0.25, 0.3) is 0 Å². The van der Waals surface area contributed by atoms with Gasteiger partial charge in [-0.1, -0.05) is 0 Å². The van der Waals surface area contributed by atoms with Gasteiger partial charge < -0.3 is 20.1 Å². The molecule has 1 unspecified atom stereocenters. The molecule has 2 N–H and O–H groups in total. The van der Waals surface area contributed by atoms with Crippen molar-refractivity contribution in [3.8, 4) is 0 Å². The van der Waals surface area contributed by atoms with Crippen molar-refractivity contribution in [2.24, 2.45) is 0 Å². The lowest BCUT2D eigenvalue weighted by molar-refractivity contribution is -0.136. The van der Waals surface area contributed by atoms with Crippen LogP contribution in [0.4, 0.5) is 5.00 Å². The van der Waals surface area contributed by atoms with Gasteiger partial charge in [0.05, 0.1) is 17.7 Å². The number of amides is 2. The maximum Gasteiger partial charge on any atom is 0.338 e. The van der Waals surface area contributed by atoms with Gasteiger partial charge in [0.15, 0.2) is 0 Å². The fraction of sp³-hybridized carbons (Fsp3) is 0.588. The van der Waals surface area contributed by atoms with E-state index in [4.69, 9.17) is 4.74 Å². The van der Waals surface area contributed by atoms with Gasteiger partial charge in [-0.3, -0.25) is 14.5 Å². The summed E-state index contributed by atoms with van der Waals surface area (Å²) < 4.78 is 10.00. The van der Waals surface area contributed by atoms with E-state index in [0.717, 1.165) is 45.6 Å². The summed E-state index contributed by atoms with van der Waals surface area (Å²) in [7, 11) is 1.29. The van der Waals surface area contributed by atoms with Crippen LogP contribution >= 0.6 is 11.3 Å². The largest absolute Gasteiger partial charge is 0.465 e. The first-order chi connectivity index (χ1) is 12.6. The molecule has 0 bridgehead atoms. The molecule has 2 saturated heterocycles. The first-order valence-corrected chi connectivity index (χ1v) is 9.55. The number of anilines is 1. The number of ether oxygens (including phenoxy) is 2. The molecule has 26 heavy (non-hydrogen) atoms. The third-order valence-corrected chi connectivity index (χ3v) is 5.57. The zero-order valence-electron chi connectivity index (χ0n) is 14.7. The zero-order chi connectivity index (χ0) is 18.5. The van der Waals surface area contributed by atoms with Crippen molar-refractivity contribution in [3.05, 3.63) is 17.0 Å². The quantitative estimate of drug-likeness (QED) is 0.593. The lowest BCUT2D eigenvalue weighted by atomic mass is 10.1. The van der Waals surface area contributed by atoms with E-state index in [1.807, 2.05) is 0 Å². The number of likely N-dealkylation sites (tertiary alicyclic amines) is 1. The predicted molar refractivity (Wildman–Crippen MR) is 96.2 cm³/mol. The fourth-order valence-corrected chi connectivity index (χ4v) is 4.10. The molecular formula is C17H23N3O5S. The van der Waals surface area contributed by atoms with E-state index in [9.17, 15) is 14.4 Å². The summed E-state index contributed by atoms with van der Waals surface area (Å²) in [6, 6.07) is 1.97. The summed E-state index contributed by atoms with van der Waals surface area (Å²) in [6.07, 6.45) is 2.87. The van der Waals surface area contributed by atoms with Crippen LogP contribution in [0.1, 0.15) is 29.6 Å². The molecule has 2 amide bonds. The van der Waals surface area contributed by atoms with Gasteiger partial charge in [0, 0.05) is 43.8 Å². The summed E-state index contributed by atoms with van der Waals surface area (Å²) in [5.74, 6) is -1.87. The second-order valence-corrected chi connectivity index (χ2v) is 7.35. The Bertz CT molecular complexity index is 671. The van der Waals surface area contributed by atoms with Crippen molar-refractivity contribution in [1.29, 1.82) is 0 Å². The normalized spacial score (nSPS) is 21.3. The van der Waals surface area contributed by atoms with Crippen molar-refractivity contribution < 1.29 is 23.9 Å². The van der Waals surface area contributed by atoms with Crippen molar-refractivity contribution >= 4 is 34.1 Å². The van der Waals surface area contributed by atoms with Crippen molar-refractivity contribution in [2.75, 3.05) is 38.7 Å². The fourth-order valence-electron chi connectivity index (χ4n) is 3.33. The Morgan fingerprint density at radius 2 is 2.00 bits per heavy atom. The topological polar surface area (TPSA) is 97.0 Å². The molecule has 9 heteroatoms. The molecule has 0 saturated carbocycles. The van der Waals surface area contributed by atoms with Crippen molar-refractivity contribution in [3.63, 3.8) is 0 Å². The van der Waals surface area contributed by atoms with E-state index in [0.29, 0.717) is 16.6 Å². The number of carbonyl (C=O) groups excluding carboxylic acids is 3. The average molecular weight is 381 g/mol. The number of methoxy groups -OCH3 is 1. The van der Waals surface area contributed by atoms with Crippen molar-refractivity contribution in [2.45, 2.75) is 31.3 Å². The molecule has 0 aromatic carbocycles. The van der Waals surface area contributed by atoms with Crippen LogP contribution in [-0.2, 0) is 19.1 Å². The molecule has 1 aromatic rings. The Morgan fingerprint density at radius 1 is 1.23 bits per heavy atom. The number of hydrogen-bond acceptors (Lipinski definition) is 7. The molecule has 1 atom stereocenters. The highest BCUT2D eigenvalue weighted by Gasteiger charge is 2.31. The van der Waals surface area contributed by atoms with Gasteiger partial charge in [-0.25, -0.2) is 4.79 Å². The SMILES string of the molecule is COC(=O)c1csc(NC(=O)C(=O)NC2CCN(C3CCOCC3)C2)c1. The lowest BCUT2D eigenvalue weighted by Gasteiger charge is -2.31. The minimum Gasteiger partial charge on any atom is -0.465 e. The Kier molecular flexibility index (Phi) is 6.23. The van der Waals surface area contributed by atoms with Gasteiger partial charge in [-0.15, -0.1) is 11.3 Å². The molecule has 2 fully saturated rings. The zero-order valence-corrected chi connectivity index (χ0v) is 15.5. The summed E-state index contributed by atoms with van der Waals surface area (Å²) in [4.78, 5) is 38.0. The van der Waals surface area contributed by atoms with Gasteiger partial charge in [0.2, 0.25) is 0 Å². The van der Waals surface area contributed by atoms with Gasteiger partial charge in [-0.2, -0.15) is 0 Å². The molecule has 3 heterocycles. The monoisotopic (exact) mass is 381 g/mol. The predicted octanol–water partition coefficient (Wildman–Crippen LogP) is 0.843. The number of nitrogens with one attached hydrogen (secondary N) is 2. The molecule has 3 rings (SSSR count). The molecule has 2 aliphatic heterocycles. The van der Waals surface area contributed by atoms with Crippen LogP contribution in [0.3, 0.4) is 0 Å². The van der Waals surface area contributed by atoms with Gasteiger partial charge in [-0.05, 0) is 25.3 Å². The number of nitrogens with zero attached hydrogens (tertiary/aromatic N) is 1. The molecule has 8 nitrogen and oxygen atoms in total. The standard InChI is InChI=1S/C17H23N3O5S/c1-24-17(23)11-8-14(26-10-11)19-16(22)15(21)18-12-2-5-20(9-12)13-3-6-25-7-4-13/h8,10,12-13H,2-7,9H2,1H3,(H,18,21)(H,19,22). The first-order valence-electron chi connectivity index (χ1n) is 8.67. The maximum absolute atomic E-state index is 12.1. The number of esters is 1. The molecule has 0 radical (unpaired) electrons. The molecule has 2 aliphatic rings. The van der Waals surface area contributed by atoms with E-state index >= 15 is 0 Å². The minimum atomic E-state index is -0.729. The minimum absolute atomic E-state index is 0.0231. The van der Waals surface area contributed by atoms with Gasteiger partial charge in [0.25, 0.3) is 0 Å². The first kappa shape index (κ1) is 18.8. The van der Waals surface area contributed by atoms with Crippen molar-refractivity contribution in [1.82, 2.24) is 10.2 Å². The highest BCUT2D eigenvalue weighted by molar-refractivity contribution is 7.14. The van der Waals surface area contributed by atoms with E-state index in [1.165, 1.54) is 24.5 Å². The Labute approximate surface area is 155 Å². The number of hydrogen-bond donors (Lipinski definition) is 2. The van der Waals surface area contributed by atoms with E-state index in [2.05, 4.69) is 20.3 Å². The summed E-state index contributed by atoms with van der Waals surface area (Å²) in [5, 5.41) is 7.32. The molecule has 1 aromatic heterocycles. The highest BCUT2D eigenvalue weighted by Crippen LogP contribution is 2.22. The third-order valence-electron chi connectivity index (χ3n) is 4.73. The Hall–Kier alpha value is -1.97. The Balaban J connectivity index is 1.46. The summed E-state index contributed by atoms with van der Waals surface area (Å²) in [6.45, 7) is 3.25. The van der Waals surface area contributed by atoms with E-state index in [1.54, 1.807) is 5.38 Å². The van der Waals surface area contributed by atoms with Gasteiger partial charge >= 0.3 is 17.8 Å². The second-order valence-electron chi connectivity index (χ2n) is 6.44. The van der Waals surface area contributed by atoms with Crippen LogP contribution in [0.2, 0.25) is 0 Å².